The molecule has 1 aromatic rings. The number of amidine groups is 1. The minimum Gasteiger partial charge on any atom is -0.409 e. The summed E-state index contributed by atoms with van der Waals surface area (Å²) in [7, 11) is 1.68. The van der Waals surface area contributed by atoms with Gasteiger partial charge in [-0.05, 0) is 5.92 Å². The monoisotopic (exact) mass is 253 g/mol. The first-order valence-corrected chi connectivity index (χ1v) is 5.67. The Bertz CT molecular complexity index is 413. The van der Waals surface area contributed by atoms with Gasteiger partial charge in [-0.1, -0.05) is 19.0 Å². The second-order valence-corrected chi connectivity index (χ2v) is 4.55. The smallest absolute Gasteiger partial charge is 0.233 e. The van der Waals surface area contributed by atoms with Crippen molar-refractivity contribution in [2.75, 3.05) is 7.05 Å². The number of aromatic nitrogens is 2. The van der Waals surface area contributed by atoms with Gasteiger partial charge in [0.05, 0.1) is 6.20 Å². The Kier molecular flexibility index (Phi) is 4.70. The number of rotatable bonds is 5. The van der Waals surface area contributed by atoms with Crippen LogP contribution in [0.5, 0.6) is 0 Å². The number of nitrogens with one attached hydrogen (secondary N) is 1. The lowest BCUT2D eigenvalue weighted by molar-refractivity contribution is -0.133. The van der Waals surface area contributed by atoms with E-state index in [-0.39, 0.29) is 17.7 Å². The molecule has 4 N–H and O–H groups in total. The summed E-state index contributed by atoms with van der Waals surface area (Å²) in [4.78, 5) is 13.8. The van der Waals surface area contributed by atoms with Crippen molar-refractivity contribution in [2.24, 2.45) is 22.7 Å². The summed E-state index contributed by atoms with van der Waals surface area (Å²) in [5.74, 6) is -0.900. The first-order valence-electron chi connectivity index (χ1n) is 5.67. The summed E-state index contributed by atoms with van der Waals surface area (Å²) in [6.45, 7) is 4.13. The minimum atomic E-state index is -0.619. The Morgan fingerprint density at radius 1 is 1.67 bits per heavy atom. The van der Waals surface area contributed by atoms with Crippen LogP contribution in [0.4, 0.5) is 0 Å². The fourth-order valence-corrected chi connectivity index (χ4v) is 1.77. The van der Waals surface area contributed by atoms with Crippen molar-refractivity contribution in [3.05, 3.63) is 18.0 Å². The fourth-order valence-electron chi connectivity index (χ4n) is 1.77. The van der Waals surface area contributed by atoms with Crippen LogP contribution in [0, 0.1) is 11.8 Å². The van der Waals surface area contributed by atoms with E-state index in [1.165, 1.54) is 4.90 Å². The van der Waals surface area contributed by atoms with Crippen molar-refractivity contribution < 1.29 is 10.0 Å². The maximum atomic E-state index is 12.2. The number of aromatic amines is 1. The Hall–Kier alpha value is -2.05. The lowest BCUT2D eigenvalue weighted by Crippen LogP contribution is -2.42. The third-order valence-corrected chi connectivity index (χ3v) is 2.72. The number of amides is 1. The van der Waals surface area contributed by atoms with E-state index in [1.807, 2.05) is 13.8 Å². The average Bonchev–Trinajstić information content (AvgIpc) is 2.81. The largest absolute Gasteiger partial charge is 0.409 e. The van der Waals surface area contributed by atoms with Crippen molar-refractivity contribution in [3.8, 4) is 0 Å². The molecule has 7 nitrogen and oxygen atoms in total. The van der Waals surface area contributed by atoms with Gasteiger partial charge < -0.3 is 15.8 Å². The molecule has 0 aliphatic rings. The SMILES string of the molecule is CC(C)C(C(=O)N(C)Cc1cn[nH]c1)C(N)=NO. The second-order valence-electron chi connectivity index (χ2n) is 4.55. The molecule has 1 aromatic heterocycles. The molecule has 1 heterocycles. The Balaban J connectivity index is 2.77. The van der Waals surface area contributed by atoms with Gasteiger partial charge in [-0.15, -0.1) is 0 Å². The number of oxime groups is 1. The van der Waals surface area contributed by atoms with Crippen LogP contribution in [0.15, 0.2) is 17.5 Å². The summed E-state index contributed by atoms with van der Waals surface area (Å²) >= 11 is 0. The number of hydrogen-bond donors (Lipinski definition) is 3. The zero-order chi connectivity index (χ0) is 13.7. The molecular formula is C11H19N5O2. The maximum Gasteiger partial charge on any atom is 0.233 e. The molecule has 1 rings (SSSR count). The highest BCUT2D eigenvalue weighted by molar-refractivity contribution is 6.02. The van der Waals surface area contributed by atoms with Crippen LogP contribution in [-0.2, 0) is 11.3 Å². The second kappa shape index (κ2) is 6.04. The van der Waals surface area contributed by atoms with E-state index in [0.29, 0.717) is 6.54 Å². The number of carbonyl (C=O) groups excluding carboxylic acids is 1. The summed E-state index contributed by atoms with van der Waals surface area (Å²) < 4.78 is 0. The van der Waals surface area contributed by atoms with Crippen LogP contribution < -0.4 is 5.73 Å². The first-order chi connectivity index (χ1) is 8.47. The molecule has 1 amide bonds. The molecule has 0 aliphatic carbocycles. The highest BCUT2D eigenvalue weighted by atomic mass is 16.4. The van der Waals surface area contributed by atoms with Gasteiger partial charge in [0.1, 0.15) is 5.92 Å². The van der Waals surface area contributed by atoms with Crippen molar-refractivity contribution >= 4 is 11.7 Å². The van der Waals surface area contributed by atoms with E-state index in [0.717, 1.165) is 5.56 Å². The number of nitrogens with zero attached hydrogens (tertiary/aromatic N) is 3. The van der Waals surface area contributed by atoms with Gasteiger partial charge in [-0.2, -0.15) is 5.10 Å². The molecule has 0 fully saturated rings. The van der Waals surface area contributed by atoms with E-state index in [1.54, 1.807) is 19.4 Å². The molecule has 0 spiro atoms. The lowest BCUT2D eigenvalue weighted by Gasteiger charge is -2.24. The van der Waals surface area contributed by atoms with Gasteiger partial charge in [0, 0.05) is 25.4 Å². The molecule has 7 heteroatoms. The third kappa shape index (κ3) is 3.22. The Labute approximate surface area is 106 Å². The quantitative estimate of drug-likeness (QED) is 0.305. The van der Waals surface area contributed by atoms with Crippen molar-refractivity contribution in [1.82, 2.24) is 15.1 Å². The van der Waals surface area contributed by atoms with Crippen molar-refractivity contribution in [3.63, 3.8) is 0 Å². The number of hydrogen-bond acceptors (Lipinski definition) is 4. The standard InChI is InChI=1S/C11H19N5O2/c1-7(2)9(10(12)15-18)11(17)16(3)6-8-4-13-14-5-8/h4-5,7,9,18H,6H2,1-3H3,(H2,12,15)(H,13,14). The predicted molar refractivity (Wildman–Crippen MR) is 66.8 cm³/mol. The van der Waals surface area contributed by atoms with E-state index < -0.39 is 5.92 Å². The molecule has 0 bridgehead atoms. The molecule has 1 unspecified atom stereocenters. The van der Waals surface area contributed by atoms with Gasteiger partial charge in [0.2, 0.25) is 5.91 Å². The van der Waals surface area contributed by atoms with Crippen molar-refractivity contribution in [2.45, 2.75) is 20.4 Å². The van der Waals surface area contributed by atoms with Gasteiger partial charge in [0.25, 0.3) is 0 Å². The Morgan fingerprint density at radius 3 is 2.78 bits per heavy atom. The van der Waals surface area contributed by atoms with E-state index in [2.05, 4.69) is 15.4 Å². The van der Waals surface area contributed by atoms with Gasteiger partial charge >= 0.3 is 0 Å². The topological polar surface area (TPSA) is 108 Å². The molecular weight excluding hydrogens is 234 g/mol. The summed E-state index contributed by atoms with van der Waals surface area (Å²) in [6.07, 6.45) is 3.37. The van der Waals surface area contributed by atoms with Crippen molar-refractivity contribution in [1.29, 1.82) is 0 Å². The third-order valence-electron chi connectivity index (χ3n) is 2.72. The van der Waals surface area contributed by atoms with Gasteiger partial charge in [-0.3, -0.25) is 9.89 Å². The summed E-state index contributed by atoms with van der Waals surface area (Å²) in [5.41, 5.74) is 6.46. The van der Waals surface area contributed by atoms with E-state index >= 15 is 0 Å². The van der Waals surface area contributed by atoms with Gasteiger partial charge in [0.15, 0.2) is 5.84 Å². The molecule has 0 saturated carbocycles. The number of carbonyl (C=O) groups is 1. The average molecular weight is 253 g/mol. The molecule has 0 saturated heterocycles. The summed E-state index contributed by atoms with van der Waals surface area (Å²) in [6, 6.07) is 0. The predicted octanol–water partition coefficient (Wildman–Crippen LogP) is 0.387. The minimum absolute atomic E-state index is 0.0415. The van der Waals surface area contributed by atoms with Crippen LogP contribution in [-0.4, -0.2) is 39.1 Å². The van der Waals surface area contributed by atoms with Crippen LogP contribution in [0.1, 0.15) is 19.4 Å². The lowest BCUT2D eigenvalue weighted by atomic mass is 9.93. The molecule has 0 aliphatic heterocycles. The summed E-state index contributed by atoms with van der Waals surface area (Å²) in [5, 5.41) is 18.2. The Morgan fingerprint density at radius 2 is 2.33 bits per heavy atom. The van der Waals surface area contributed by atoms with Crippen LogP contribution in [0.2, 0.25) is 0 Å². The zero-order valence-corrected chi connectivity index (χ0v) is 10.8. The number of nitrogens with two attached hydrogens (primary N) is 1. The molecule has 18 heavy (non-hydrogen) atoms. The fraction of sp³-hybridized carbons (Fsp3) is 0.545. The van der Waals surface area contributed by atoms with Gasteiger partial charge in [-0.25, -0.2) is 0 Å². The zero-order valence-electron chi connectivity index (χ0n) is 10.8. The highest BCUT2D eigenvalue weighted by Gasteiger charge is 2.29. The number of H-pyrrole nitrogens is 1. The van der Waals surface area contributed by atoms with E-state index in [9.17, 15) is 4.79 Å². The first kappa shape index (κ1) is 14.0. The molecule has 0 radical (unpaired) electrons. The maximum absolute atomic E-state index is 12.2. The van der Waals surface area contributed by atoms with Crippen LogP contribution in [0.25, 0.3) is 0 Å². The van der Waals surface area contributed by atoms with Crippen LogP contribution in [0.3, 0.4) is 0 Å². The normalized spacial score (nSPS) is 13.7. The van der Waals surface area contributed by atoms with Crippen LogP contribution >= 0.6 is 0 Å². The van der Waals surface area contributed by atoms with E-state index in [4.69, 9.17) is 10.9 Å². The molecule has 1 atom stereocenters. The molecule has 0 aromatic carbocycles. The highest BCUT2D eigenvalue weighted by Crippen LogP contribution is 2.15. The molecule has 100 valence electrons.